The molecule has 0 aliphatic heterocycles. The smallest absolute Gasteiger partial charge is 0.234 e. The maximum absolute atomic E-state index is 12.4. The Balaban J connectivity index is 1.70. The van der Waals surface area contributed by atoms with Crippen molar-refractivity contribution < 1.29 is 4.79 Å². The van der Waals surface area contributed by atoms with Crippen molar-refractivity contribution >= 4 is 35.0 Å². The Bertz CT molecular complexity index is 979. The molecule has 0 unspecified atom stereocenters. The highest BCUT2D eigenvalue weighted by Gasteiger charge is 2.14. The van der Waals surface area contributed by atoms with Gasteiger partial charge in [-0.3, -0.25) is 4.79 Å². The van der Waals surface area contributed by atoms with Gasteiger partial charge in [0.15, 0.2) is 0 Å². The molecule has 3 aromatic rings. The second-order valence-corrected chi connectivity index (χ2v) is 7.77. The normalized spacial score (nSPS) is 10.9. The lowest BCUT2D eigenvalue weighted by Gasteiger charge is -2.11. The van der Waals surface area contributed by atoms with E-state index in [1.165, 1.54) is 17.3 Å². The second kappa shape index (κ2) is 8.10. The topological polar surface area (TPSA) is 72.7 Å². The van der Waals surface area contributed by atoms with Crippen LogP contribution in [0, 0.1) is 27.7 Å². The summed E-state index contributed by atoms with van der Waals surface area (Å²) in [5.74, 6) is 0.0120. The number of aryl methyl sites for hydroxylation is 4. The highest BCUT2D eigenvalue weighted by atomic mass is 35.5. The van der Waals surface area contributed by atoms with Crippen molar-refractivity contribution in [1.29, 1.82) is 0 Å². The van der Waals surface area contributed by atoms with Gasteiger partial charge >= 0.3 is 0 Å². The molecule has 1 amide bonds. The monoisotopic (exact) mass is 401 g/mol. The van der Waals surface area contributed by atoms with Crippen molar-refractivity contribution in [2.45, 2.75) is 32.9 Å². The van der Waals surface area contributed by atoms with E-state index in [2.05, 4.69) is 27.8 Å². The van der Waals surface area contributed by atoms with Gasteiger partial charge in [0, 0.05) is 0 Å². The van der Waals surface area contributed by atoms with Crippen LogP contribution in [0.15, 0.2) is 35.5 Å². The summed E-state index contributed by atoms with van der Waals surface area (Å²) in [6.07, 6.45) is 0. The van der Waals surface area contributed by atoms with Gasteiger partial charge in [-0.05, 0) is 78.6 Å². The number of thioether (sulfide) groups is 1. The average molecular weight is 402 g/mol. The van der Waals surface area contributed by atoms with Crippen molar-refractivity contribution in [1.82, 2.24) is 20.2 Å². The summed E-state index contributed by atoms with van der Waals surface area (Å²) in [4.78, 5) is 12.4. The van der Waals surface area contributed by atoms with Crippen LogP contribution in [0.1, 0.15) is 22.3 Å². The molecule has 1 aromatic heterocycles. The Labute approximate surface area is 167 Å². The number of hydrogen-bond donors (Lipinski definition) is 1. The summed E-state index contributed by atoms with van der Waals surface area (Å²) in [6.45, 7) is 7.98. The van der Waals surface area contributed by atoms with Crippen LogP contribution >= 0.6 is 23.4 Å². The number of carbonyl (C=O) groups is 1. The first-order chi connectivity index (χ1) is 12.8. The van der Waals surface area contributed by atoms with Crippen LogP contribution in [0.2, 0.25) is 5.02 Å². The molecule has 0 bridgehead atoms. The number of amides is 1. The van der Waals surface area contributed by atoms with Crippen molar-refractivity contribution in [3.8, 4) is 5.69 Å². The van der Waals surface area contributed by atoms with E-state index in [9.17, 15) is 4.79 Å². The van der Waals surface area contributed by atoms with E-state index in [1.807, 2.05) is 51.1 Å². The third-order valence-corrected chi connectivity index (χ3v) is 5.42. The lowest BCUT2D eigenvalue weighted by molar-refractivity contribution is -0.113. The van der Waals surface area contributed by atoms with Gasteiger partial charge in [-0.15, -0.1) is 5.10 Å². The largest absolute Gasteiger partial charge is 0.324 e. The van der Waals surface area contributed by atoms with E-state index in [0.717, 1.165) is 22.4 Å². The number of halogens is 1. The molecule has 0 fully saturated rings. The number of carbonyl (C=O) groups excluding carboxylic acids is 1. The van der Waals surface area contributed by atoms with Crippen LogP contribution in [-0.4, -0.2) is 31.9 Å². The molecule has 27 heavy (non-hydrogen) atoms. The maximum atomic E-state index is 12.4. The summed E-state index contributed by atoms with van der Waals surface area (Å²) in [5.41, 5.74) is 5.84. The second-order valence-electron chi connectivity index (χ2n) is 6.42. The van der Waals surface area contributed by atoms with E-state index < -0.39 is 0 Å². The van der Waals surface area contributed by atoms with Gasteiger partial charge in [-0.1, -0.05) is 35.5 Å². The zero-order valence-electron chi connectivity index (χ0n) is 15.6. The third kappa shape index (κ3) is 4.48. The molecule has 3 rings (SSSR count). The molecular formula is C19H20ClN5OS. The highest BCUT2D eigenvalue weighted by Crippen LogP contribution is 2.28. The Morgan fingerprint density at radius 2 is 1.89 bits per heavy atom. The molecule has 0 aliphatic rings. The van der Waals surface area contributed by atoms with E-state index in [-0.39, 0.29) is 11.7 Å². The van der Waals surface area contributed by atoms with Crippen molar-refractivity contribution in [3.63, 3.8) is 0 Å². The molecule has 140 valence electrons. The number of aromatic nitrogens is 4. The molecular weight excluding hydrogens is 382 g/mol. The number of benzene rings is 2. The van der Waals surface area contributed by atoms with Crippen LogP contribution in [-0.2, 0) is 4.79 Å². The first kappa shape index (κ1) is 19.4. The van der Waals surface area contributed by atoms with Crippen molar-refractivity contribution in [3.05, 3.63) is 57.6 Å². The molecule has 0 atom stereocenters. The number of hydrogen-bond acceptors (Lipinski definition) is 5. The molecule has 1 N–H and O–H groups in total. The Kier molecular flexibility index (Phi) is 5.82. The predicted molar refractivity (Wildman–Crippen MR) is 109 cm³/mol. The zero-order valence-corrected chi connectivity index (χ0v) is 17.1. The van der Waals surface area contributed by atoms with E-state index in [1.54, 1.807) is 4.68 Å². The van der Waals surface area contributed by atoms with Crippen molar-refractivity contribution in [2.75, 3.05) is 11.1 Å². The molecule has 1 heterocycles. The SMILES string of the molecule is Cc1cc(C)c(NC(=O)CSc2nnnn2-c2ccc(C)c(C)c2)c(Cl)c1. The maximum Gasteiger partial charge on any atom is 0.234 e. The van der Waals surface area contributed by atoms with Crippen LogP contribution in [0.3, 0.4) is 0 Å². The molecule has 0 aliphatic carbocycles. The van der Waals surface area contributed by atoms with Gasteiger partial charge in [0.25, 0.3) is 0 Å². The predicted octanol–water partition coefficient (Wildman–Crippen LogP) is 4.28. The molecule has 8 heteroatoms. The van der Waals surface area contributed by atoms with Gasteiger partial charge in [-0.25, -0.2) is 0 Å². The lowest BCUT2D eigenvalue weighted by Crippen LogP contribution is -2.16. The molecule has 2 aromatic carbocycles. The summed E-state index contributed by atoms with van der Waals surface area (Å²) < 4.78 is 1.63. The third-order valence-electron chi connectivity index (χ3n) is 4.20. The quantitative estimate of drug-likeness (QED) is 0.646. The highest BCUT2D eigenvalue weighted by molar-refractivity contribution is 7.99. The van der Waals surface area contributed by atoms with Gasteiger partial charge in [0.05, 0.1) is 22.2 Å². The number of nitrogens with zero attached hydrogens (tertiary/aromatic N) is 4. The number of nitrogens with one attached hydrogen (secondary N) is 1. The first-order valence-electron chi connectivity index (χ1n) is 8.40. The van der Waals surface area contributed by atoms with Gasteiger partial charge in [-0.2, -0.15) is 4.68 Å². The van der Waals surface area contributed by atoms with E-state index in [4.69, 9.17) is 11.6 Å². The van der Waals surface area contributed by atoms with Gasteiger partial charge < -0.3 is 5.32 Å². The average Bonchev–Trinajstić information content (AvgIpc) is 3.07. The molecule has 0 saturated carbocycles. The summed E-state index contributed by atoms with van der Waals surface area (Å²) in [7, 11) is 0. The lowest BCUT2D eigenvalue weighted by atomic mass is 10.1. The fourth-order valence-electron chi connectivity index (χ4n) is 2.67. The van der Waals surface area contributed by atoms with Crippen LogP contribution in [0.5, 0.6) is 0 Å². The van der Waals surface area contributed by atoms with Crippen LogP contribution in [0.4, 0.5) is 5.69 Å². The van der Waals surface area contributed by atoms with Crippen LogP contribution in [0.25, 0.3) is 5.69 Å². The van der Waals surface area contributed by atoms with E-state index in [0.29, 0.717) is 15.9 Å². The fraction of sp³-hybridized carbons (Fsp3) is 0.263. The van der Waals surface area contributed by atoms with E-state index >= 15 is 0 Å². The number of rotatable bonds is 5. The Hall–Kier alpha value is -2.38. The standard InChI is InChI=1S/C19H20ClN5OS/c1-11-7-14(4)18(16(20)8-11)21-17(26)10-27-19-22-23-24-25(19)15-6-5-12(2)13(3)9-15/h5-9H,10H2,1-4H3,(H,21,26). The Morgan fingerprint density at radius 1 is 1.11 bits per heavy atom. The molecule has 0 radical (unpaired) electrons. The first-order valence-corrected chi connectivity index (χ1v) is 9.77. The summed E-state index contributed by atoms with van der Waals surface area (Å²) in [6, 6.07) is 9.81. The summed E-state index contributed by atoms with van der Waals surface area (Å²) in [5, 5.41) is 15.8. The Morgan fingerprint density at radius 3 is 2.59 bits per heavy atom. The van der Waals surface area contributed by atoms with Gasteiger partial charge in [0.1, 0.15) is 0 Å². The molecule has 0 saturated heterocycles. The fourth-order valence-corrected chi connectivity index (χ4v) is 3.73. The van der Waals surface area contributed by atoms with Crippen LogP contribution < -0.4 is 5.32 Å². The minimum Gasteiger partial charge on any atom is -0.324 e. The van der Waals surface area contributed by atoms with Crippen molar-refractivity contribution in [2.24, 2.45) is 0 Å². The minimum atomic E-state index is -0.163. The number of anilines is 1. The van der Waals surface area contributed by atoms with Gasteiger partial charge in [0.2, 0.25) is 11.1 Å². The number of tetrazole rings is 1. The minimum absolute atomic E-state index is 0.163. The molecule has 0 spiro atoms. The molecule has 6 nitrogen and oxygen atoms in total. The zero-order chi connectivity index (χ0) is 19.6. The summed E-state index contributed by atoms with van der Waals surface area (Å²) >= 11 is 7.53.